The third kappa shape index (κ3) is 5.04. The number of likely N-dealkylation sites (tertiary alicyclic amines) is 2. The first-order valence-corrected chi connectivity index (χ1v) is 14.7. The number of hydrogen-bond donors (Lipinski definition) is 0. The number of methoxy groups -OCH3 is 1. The quantitative estimate of drug-likeness (QED) is 0.424. The summed E-state index contributed by atoms with van der Waals surface area (Å²) < 4.78 is 20.1. The molecule has 1 spiro atoms. The van der Waals surface area contributed by atoms with Crippen LogP contribution in [0.4, 0.5) is 4.79 Å². The van der Waals surface area contributed by atoms with E-state index in [2.05, 4.69) is 0 Å². The van der Waals surface area contributed by atoms with Gasteiger partial charge in [-0.15, -0.1) is 0 Å². The van der Waals surface area contributed by atoms with Crippen LogP contribution >= 0.6 is 0 Å². The minimum absolute atomic E-state index is 0.124. The van der Waals surface area contributed by atoms with Crippen LogP contribution in [0.25, 0.3) is 11.0 Å². The fourth-order valence-electron chi connectivity index (χ4n) is 6.51. The summed E-state index contributed by atoms with van der Waals surface area (Å²) in [5.41, 5.74) is 1.97. The molecule has 43 heavy (non-hydrogen) atoms. The summed E-state index contributed by atoms with van der Waals surface area (Å²) in [5.74, 6) is 0.723. The molecule has 0 bridgehead atoms. The number of piperidine rings is 2. The highest BCUT2D eigenvalue weighted by molar-refractivity contribution is 6.00. The molecule has 2 fully saturated rings. The first-order valence-electron chi connectivity index (χ1n) is 14.7. The van der Waals surface area contributed by atoms with E-state index in [0.29, 0.717) is 55.1 Å². The number of hydrogen-bond acceptors (Lipinski definition) is 7. The predicted molar refractivity (Wildman–Crippen MR) is 158 cm³/mol. The molecular formula is C32H38N4O7. The number of ether oxygens (including phenoxy) is 3. The monoisotopic (exact) mass is 590 g/mol. The van der Waals surface area contributed by atoms with Crippen LogP contribution in [-0.2, 0) is 33.3 Å². The van der Waals surface area contributed by atoms with E-state index in [1.807, 2.05) is 45.0 Å². The standard InChI is InChI=1S/C32H38N4O7/c1-31(2,3)43-30(40)34-14-12-32(13-15-34)19-42-26-17-25-24(16-22(26)32)33(4)29(39)36(25)23-10-11-27(37)35(28(23)38)18-20-6-8-21(41-5)9-7-20/h6-9,16-17,23H,10-15,18-19H2,1-5H3. The Bertz CT molecular complexity index is 1660. The SMILES string of the molecule is COc1ccc(CN2C(=O)CCC(n3c(=O)n(C)c4cc5c(cc43)OCC53CCN(C(=O)OC(C)(C)C)CC3)C2=O)cc1. The lowest BCUT2D eigenvalue weighted by atomic mass is 9.74. The van der Waals surface area contributed by atoms with Gasteiger partial charge in [0.15, 0.2) is 0 Å². The maximum Gasteiger partial charge on any atom is 0.410 e. The van der Waals surface area contributed by atoms with Gasteiger partial charge in [-0.05, 0) is 63.8 Å². The maximum absolute atomic E-state index is 13.8. The Kier molecular flexibility index (Phi) is 7.01. The van der Waals surface area contributed by atoms with Gasteiger partial charge >= 0.3 is 11.8 Å². The van der Waals surface area contributed by atoms with Crippen LogP contribution in [0.2, 0.25) is 0 Å². The van der Waals surface area contributed by atoms with Gasteiger partial charge in [0.1, 0.15) is 23.1 Å². The van der Waals surface area contributed by atoms with Crippen LogP contribution in [0.5, 0.6) is 11.5 Å². The average Bonchev–Trinajstić information content (AvgIpc) is 3.43. The zero-order valence-electron chi connectivity index (χ0n) is 25.3. The number of aryl methyl sites for hydroxylation is 1. The van der Waals surface area contributed by atoms with Crippen molar-refractivity contribution in [1.82, 2.24) is 18.9 Å². The summed E-state index contributed by atoms with van der Waals surface area (Å²) in [6.07, 6.45) is 1.52. The lowest BCUT2D eigenvalue weighted by molar-refractivity contribution is -0.151. The molecule has 0 aliphatic carbocycles. The number of aromatic nitrogens is 2. The molecule has 3 aliphatic rings. The van der Waals surface area contributed by atoms with E-state index in [4.69, 9.17) is 14.2 Å². The molecule has 1 atom stereocenters. The smallest absolute Gasteiger partial charge is 0.410 e. The average molecular weight is 591 g/mol. The molecule has 1 aromatic heterocycles. The molecule has 4 heterocycles. The molecule has 2 saturated heterocycles. The van der Waals surface area contributed by atoms with Crippen LogP contribution in [0.3, 0.4) is 0 Å². The molecule has 3 aliphatic heterocycles. The molecule has 3 amide bonds. The summed E-state index contributed by atoms with van der Waals surface area (Å²) in [6, 6.07) is 10.3. The second-order valence-corrected chi connectivity index (χ2v) is 12.8. The van der Waals surface area contributed by atoms with Crippen molar-refractivity contribution >= 4 is 28.9 Å². The van der Waals surface area contributed by atoms with Gasteiger partial charge < -0.3 is 19.1 Å². The van der Waals surface area contributed by atoms with E-state index in [1.54, 1.807) is 35.8 Å². The number of fused-ring (bicyclic) bond motifs is 3. The second kappa shape index (κ2) is 10.5. The molecule has 1 unspecified atom stereocenters. The number of carbonyl (C=O) groups is 3. The molecule has 6 rings (SSSR count). The van der Waals surface area contributed by atoms with Gasteiger partial charge in [0.05, 0.1) is 31.3 Å². The Morgan fingerprint density at radius 3 is 2.40 bits per heavy atom. The Morgan fingerprint density at radius 2 is 1.74 bits per heavy atom. The first kappa shape index (κ1) is 28.8. The minimum atomic E-state index is -0.808. The summed E-state index contributed by atoms with van der Waals surface area (Å²) in [5, 5.41) is 0. The van der Waals surface area contributed by atoms with Gasteiger partial charge in [-0.25, -0.2) is 9.59 Å². The van der Waals surface area contributed by atoms with Crippen molar-refractivity contribution in [3.8, 4) is 11.5 Å². The van der Waals surface area contributed by atoms with Gasteiger partial charge in [0.25, 0.3) is 5.91 Å². The van der Waals surface area contributed by atoms with Gasteiger partial charge in [0, 0.05) is 43.6 Å². The lowest BCUT2D eigenvalue weighted by Crippen LogP contribution is -2.47. The number of amides is 3. The maximum atomic E-state index is 13.8. The molecule has 228 valence electrons. The first-order chi connectivity index (χ1) is 20.4. The topological polar surface area (TPSA) is 112 Å². The van der Waals surface area contributed by atoms with E-state index < -0.39 is 17.6 Å². The minimum Gasteiger partial charge on any atom is -0.497 e. The summed E-state index contributed by atoms with van der Waals surface area (Å²) in [4.78, 5) is 55.9. The van der Waals surface area contributed by atoms with Crippen molar-refractivity contribution < 1.29 is 28.6 Å². The Hall–Kier alpha value is -4.28. The molecule has 11 heteroatoms. The van der Waals surface area contributed by atoms with Crippen LogP contribution in [-0.4, -0.2) is 69.2 Å². The number of benzene rings is 2. The van der Waals surface area contributed by atoms with E-state index in [1.165, 1.54) is 9.47 Å². The fourth-order valence-corrected chi connectivity index (χ4v) is 6.51. The van der Waals surface area contributed by atoms with Crippen molar-refractivity contribution in [3.63, 3.8) is 0 Å². The summed E-state index contributed by atoms with van der Waals surface area (Å²) in [7, 11) is 3.28. The van der Waals surface area contributed by atoms with Crippen molar-refractivity contribution in [2.24, 2.45) is 7.05 Å². The number of rotatable bonds is 4. The van der Waals surface area contributed by atoms with E-state index in [0.717, 1.165) is 11.1 Å². The molecule has 3 aromatic rings. The van der Waals surface area contributed by atoms with E-state index in [9.17, 15) is 19.2 Å². The predicted octanol–water partition coefficient (Wildman–Crippen LogP) is 3.90. The van der Waals surface area contributed by atoms with Crippen molar-refractivity contribution in [2.75, 3.05) is 26.8 Å². The Labute approximate surface area is 249 Å². The second-order valence-electron chi connectivity index (χ2n) is 12.8. The van der Waals surface area contributed by atoms with Crippen molar-refractivity contribution in [2.45, 2.75) is 70.1 Å². The molecule has 0 radical (unpaired) electrons. The van der Waals surface area contributed by atoms with Crippen LogP contribution in [0, 0.1) is 0 Å². The van der Waals surface area contributed by atoms with Crippen molar-refractivity contribution in [3.05, 3.63) is 58.0 Å². The zero-order chi connectivity index (χ0) is 30.7. The third-order valence-electron chi connectivity index (χ3n) is 8.93. The van der Waals surface area contributed by atoms with Gasteiger partial charge in [0.2, 0.25) is 5.91 Å². The molecular weight excluding hydrogens is 552 g/mol. The van der Waals surface area contributed by atoms with Gasteiger partial charge in [-0.1, -0.05) is 12.1 Å². The van der Waals surface area contributed by atoms with E-state index >= 15 is 0 Å². The van der Waals surface area contributed by atoms with E-state index in [-0.39, 0.29) is 42.5 Å². The summed E-state index contributed by atoms with van der Waals surface area (Å²) >= 11 is 0. The highest BCUT2D eigenvalue weighted by atomic mass is 16.6. The molecule has 0 N–H and O–H groups in total. The molecule has 2 aromatic carbocycles. The number of carbonyl (C=O) groups excluding carboxylic acids is 3. The van der Waals surface area contributed by atoms with Crippen LogP contribution in [0.15, 0.2) is 41.2 Å². The molecule has 0 saturated carbocycles. The third-order valence-corrected chi connectivity index (χ3v) is 8.93. The highest BCUT2D eigenvalue weighted by Crippen LogP contribution is 2.47. The largest absolute Gasteiger partial charge is 0.497 e. The van der Waals surface area contributed by atoms with Crippen LogP contribution in [0.1, 0.15) is 63.6 Å². The number of imide groups is 1. The number of nitrogens with zero attached hydrogens (tertiary/aromatic N) is 4. The zero-order valence-corrected chi connectivity index (χ0v) is 25.3. The normalized spacial score (nSPS) is 20.0. The van der Waals surface area contributed by atoms with Gasteiger partial charge in [-0.2, -0.15) is 0 Å². The molecule has 11 nitrogen and oxygen atoms in total. The lowest BCUT2D eigenvalue weighted by Gasteiger charge is -2.38. The van der Waals surface area contributed by atoms with Crippen molar-refractivity contribution in [1.29, 1.82) is 0 Å². The fraction of sp³-hybridized carbons (Fsp3) is 0.500. The van der Waals surface area contributed by atoms with Gasteiger partial charge in [-0.3, -0.25) is 23.6 Å². The Morgan fingerprint density at radius 1 is 1.05 bits per heavy atom. The summed E-state index contributed by atoms with van der Waals surface area (Å²) in [6.45, 7) is 7.27. The van der Waals surface area contributed by atoms with Crippen LogP contribution < -0.4 is 15.2 Å². The highest BCUT2D eigenvalue weighted by Gasteiger charge is 2.45. The Balaban J connectivity index is 1.28. The number of imidazole rings is 1.